The average molecular weight is 248 g/mol. The van der Waals surface area contributed by atoms with E-state index in [4.69, 9.17) is 4.52 Å². The van der Waals surface area contributed by atoms with Gasteiger partial charge in [-0.15, -0.1) is 5.10 Å². The highest BCUT2D eigenvalue weighted by molar-refractivity contribution is 5.46. The molecule has 2 aromatic heterocycles. The van der Waals surface area contributed by atoms with Gasteiger partial charge in [-0.05, 0) is 31.4 Å². The first-order valence-electron chi connectivity index (χ1n) is 5.88. The minimum absolute atomic E-state index is 0.223. The average Bonchev–Trinajstić information content (AvgIpc) is 2.78. The van der Waals surface area contributed by atoms with Crippen LogP contribution in [0.15, 0.2) is 16.7 Å². The predicted octanol–water partition coefficient (Wildman–Crippen LogP) is 1.91. The third kappa shape index (κ3) is 2.89. The van der Waals surface area contributed by atoms with Crippen molar-refractivity contribution < 1.29 is 9.63 Å². The van der Waals surface area contributed by atoms with E-state index in [2.05, 4.69) is 20.3 Å². The van der Waals surface area contributed by atoms with Gasteiger partial charge in [-0.25, -0.2) is 0 Å². The number of hydrogen-bond donors (Lipinski definition) is 1. The highest BCUT2D eigenvalue weighted by Crippen LogP contribution is 2.21. The molecule has 96 valence electrons. The number of aliphatic hydroxyl groups is 1. The standard InChI is InChI=1S/C12H16N4O2/c1-7(2)6-10(17)12-13-11(16-18-12)9-5-4-8(3)14-15-9/h4-5,7,10,17H,6H2,1-3H3. The van der Waals surface area contributed by atoms with Crippen LogP contribution in [0.1, 0.15) is 38.0 Å². The van der Waals surface area contributed by atoms with Gasteiger partial charge in [0.25, 0.3) is 5.89 Å². The fourth-order valence-corrected chi connectivity index (χ4v) is 1.54. The molecule has 2 aromatic rings. The molecule has 0 radical (unpaired) electrons. The summed E-state index contributed by atoms with van der Waals surface area (Å²) in [5, 5.41) is 21.5. The van der Waals surface area contributed by atoms with Gasteiger partial charge in [-0.3, -0.25) is 0 Å². The molecule has 0 aliphatic heterocycles. The molecule has 6 heteroatoms. The van der Waals surface area contributed by atoms with Gasteiger partial charge in [0.2, 0.25) is 5.82 Å². The second-order valence-corrected chi connectivity index (χ2v) is 4.66. The van der Waals surface area contributed by atoms with Gasteiger partial charge in [0.05, 0.1) is 5.69 Å². The number of rotatable bonds is 4. The Hall–Kier alpha value is -1.82. The molecular formula is C12H16N4O2. The fraction of sp³-hybridized carbons (Fsp3) is 0.500. The van der Waals surface area contributed by atoms with Crippen molar-refractivity contribution in [3.05, 3.63) is 23.7 Å². The Morgan fingerprint density at radius 2 is 2.06 bits per heavy atom. The molecule has 18 heavy (non-hydrogen) atoms. The van der Waals surface area contributed by atoms with Crippen molar-refractivity contribution in [3.63, 3.8) is 0 Å². The molecule has 1 unspecified atom stereocenters. The van der Waals surface area contributed by atoms with Crippen molar-refractivity contribution in [2.45, 2.75) is 33.3 Å². The number of nitrogens with zero attached hydrogens (tertiary/aromatic N) is 4. The monoisotopic (exact) mass is 248 g/mol. The van der Waals surface area contributed by atoms with Gasteiger partial charge in [0, 0.05) is 0 Å². The van der Waals surface area contributed by atoms with Gasteiger partial charge < -0.3 is 9.63 Å². The molecule has 0 fully saturated rings. The lowest BCUT2D eigenvalue weighted by Gasteiger charge is -2.07. The van der Waals surface area contributed by atoms with Crippen molar-refractivity contribution in [1.29, 1.82) is 0 Å². The second-order valence-electron chi connectivity index (χ2n) is 4.66. The van der Waals surface area contributed by atoms with Crippen LogP contribution >= 0.6 is 0 Å². The molecule has 0 aliphatic carbocycles. The van der Waals surface area contributed by atoms with Crippen LogP contribution in [0.4, 0.5) is 0 Å². The number of aromatic nitrogens is 4. The molecule has 0 saturated heterocycles. The van der Waals surface area contributed by atoms with Gasteiger partial charge in [0.1, 0.15) is 11.8 Å². The maximum absolute atomic E-state index is 9.86. The number of hydrogen-bond acceptors (Lipinski definition) is 6. The van der Waals surface area contributed by atoms with Crippen LogP contribution in [0.5, 0.6) is 0 Å². The Morgan fingerprint density at radius 3 is 2.67 bits per heavy atom. The molecule has 0 aromatic carbocycles. The Balaban J connectivity index is 2.17. The van der Waals surface area contributed by atoms with Crippen molar-refractivity contribution in [2.75, 3.05) is 0 Å². The Morgan fingerprint density at radius 1 is 1.28 bits per heavy atom. The molecule has 0 aliphatic rings. The third-order valence-electron chi connectivity index (χ3n) is 2.45. The molecule has 2 rings (SSSR count). The van der Waals surface area contributed by atoms with Crippen molar-refractivity contribution in [2.24, 2.45) is 5.92 Å². The van der Waals surface area contributed by atoms with E-state index >= 15 is 0 Å². The fourth-order valence-electron chi connectivity index (χ4n) is 1.54. The van der Waals surface area contributed by atoms with Crippen molar-refractivity contribution in [1.82, 2.24) is 20.3 Å². The molecule has 6 nitrogen and oxygen atoms in total. The Bertz CT molecular complexity index is 507. The Kier molecular flexibility index (Phi) is 3.66. The molecule has 0 amide bonds. The smallest absolute Gasteiger partial charge is 0.255 e. The van der Waals surface area contributed by atoms with Crippen LogP contribution in [0.3, 0.4) is 0 Å². The van der Waals surface area contributed by atoms with E-state index in [1.54, 1.807) is 6.07 Å². The highest BCUT2D eigenvalue weighted by Gasteiger charge is 2.18. The van der Waals surface area contributed by atoms with Gasteiger partial charge in [-0.1, -0.05) is 19.0 Å². The lowest BCUT2D eigenvalue weighted by Crippen LogP contribution is -2.02. The summed E-state index contributed by atoms with van der Waals surface area (Å²) in [6.45, 7) is 5.89. The summed E-state index contributed by atoms with van der Waals surface area (Å²) in [4.78, 5) is 4.13. The summed E-state index contributed by atoms with van der Waals surface area (Å²) in [6.07, 6.45) is -0.147. The van der Waals surface area contributed by atoms with Crippen LogP contribution in [0, 0.1) is 12.8 Å². The van der Waals surface area contributed by atoms with Crippen LogP contribution < -0.4 is 0 Å². The minimum atomic E-state index is -0.732. The molecular weight excluding hydrogens is 232 g/mol. The first kappa shape index (κ1) is 12.6. The van der Waals surface area contributed by atoms with Crippen LogP contribution in [-0.4, -0.2) is 25.4 Å². The SMILES string of the molecule is Cc1ccc(-c2noc(C(O)CC(C)C)n2)nn1. The van der Waals surface area contributed by atoms with Crippen LogP contribution in [0.2, 0.25) is 0 Å². The lowest BCUT2D eigenvalue weighted by molar-refractivity contribution is 0.111. The van der Waals surface area contributed by atoms with E-state index in [1.807, 2.05) is 26.8 Å². The maximum atomic E-state index is 9.86. The highest BCUT2D eigenvalue weighted by atomic mass is 16.5. The van der Waals surface area contributed by atoms with Gasteiger partial charge >= 0.3 is 0 Å². The topological polar surface area (TPSA) is 84.9 Å². The van der Waals surface area contributed by atoms with E-state index in [9.17, 15) is 5.11 Å². The molecule has 1 atom stereocenters. The van der Waals surface area contributed by atoms with E-state index in [0.29, 0.717) is 23.9 Å². The summed E-state index contributed by atoms with van der Waals surface area (Å²) in [6, 6.07) is 3.59. The molecule has 1 N–H and O–H groups in total. The zero-order valence-corrected chi connectivity index (χ0v) is 10.7. The largest absolute Gasteiger partial charge is 0.383 e. The minimum Gasteiger partial charge on any atom is -0.383 e. The molecule has 0 bridgehead atoms. The second kappa shape index (κ2) is 5.22. The van der Waals surface area contributed by atoms with Crippen LogP contribution in [0.25, 0.3) is 11.5 Å². The van der Waals surface area contributed by atoms with Gasteiger partial charge in [0.15, 0.2) is 0 Å². The van der Waals surface area contributed by atoms with E-state index in [1.165, 1.54) is 0 Å². The van der Waals surface area contributed by atoms with Crippen molar-refractivity contribution in [3.8, 4) is 11.5 Å². The molecule has 0 spiro atoms. The molecule has 0 saturated carbocycles. The van der Waals surface area contributed by atoms with E-state index < -0.39 is 6.10 Å². The zero-order chi connectivity index (χ0) is 13.1. The van der Waals surface area contributed by atoms with Crippen molar-refractivity contribution >= 4 is 0 Å². The first-order chi connectivity index (χ1) is 8.56. The quantitative estimate of drug-likeness (QED) is 0.889. The summed E-state index contributed by atoms with van der Waals surface area (Å²) >= 11 is 0. The first-order valence-corrected chi connectivity index (χ1v) is 5.88. The summed E-state index contributed by atoms with van der Waals surface area (Å²) in [7, 11) is 0. The predicted molar refractivity (Wildman–Crippen MR) is 64.5 cm³/mol. The summed E-state index contributed by atoms with van der Waals surface area (Å²) in [5.41, 5.74) is 1.36. The molecule has 2 heterocycles. The Labute approximate surface area is 105 Å². The van der Waals surface area contributed by atoms with E-state index in [-0.39, 0.29) is 5.89 Å². The van der Waals surface area contributed by atoms with Crippen LogP contribution in [-0.2, 0) is 0 Å². The summed E-state index contributed by atoms with van der Waals surface area (Å²) in [5.74, 6) is 0.927. The third-order valence-corrected chi connectivity index (χ3v) is 2.45. The summed E-state index contributed by atoms with van der Waals surface area (Å²) < 4.78 is 5.03. The van der Waals surface area contributed by atoms with Gasteiger partial charge in [-0.2, -0.15) is 10.1 Å². The lowest BCUT2D eigenvalue weighted by atomic mass is 10.1. The van der Waals surface area contributed by atoms with E-state index in [0.717, 1.165) is 5.69 Å². The number of aryl methyl sites for hydroxylation is 1. The zero-order valence-electron chi connectivity index (χ0n) is 10.7. The number of aliphatic hydroxyl groups excluding tert-OH is 1. The normalized spacial score (nSPS) is 12.9. The maximum Gasteiger partial charge on any atom is 0.255 e.